The molecule has 1 saturated heterocycles. The number of amides is 1. The van der Waals surface area contributed by atoms with Crippen molar-refractivity contribution in [3.05, 3.63) is 28.5 Å². The summed E-state index contributed by atoms with van der Waals surface area (Å²) in [5.41, 5.74) is 0. The second kappa shape index (κ2) is 5.82. The predicted molar refractivity (Wildman–Crippen MR) is 65.4 cm³/mol. The summed E-state index contributed by atoms with van der Waals surface area (Å²) in [4.78, 5) is 14.8. The van der Waals surface area contributed by atoms with Crippen LogP contribution in [0.3, 0.4) is 0 Å². The molecule has 1 aromatic heterocycles. The summed E-state index contributed by atoms with van der Waals surface area (Å²) < 4.78 is 5.20. The van der Waals surface area contributed by atoms with Gasteiger partial charge in [0.1, 0.15) is 0 Å². The Kier molecular flexibility index (Phi) is 4.13. The van der Waals surface area contributed by atoms with Crippen LogP contribution in [-0.4, -0.2) is 37.1 Å². The van der Waals surface area contributed by atoms with Gasteiger partial charge in [0, 0.05) is 24.4 Å². The summed E-state index contributed by atoms with van der Waals surface area (Å²) in [5.74, 6) is 0.191. The third-order valence-electron chi connectivity index (χ3n) is 2.48. The van der Waals surface area contributed by atoms with Crippen molar-refractivity contribution in [2.75, 3.05) is 26.3 Å². The first-order chi connectivity index (χ1) is 7.86. The summed E-state index contributed by atoms with van der Waals surface area (Å²) >= 11 is 1.68. The number of nitrogens with zero attached hydrogens (tertiary/aromatic N) is 1. The number of ether oxygens (including phenoxy) is 1. The van der Waals surface area contributed by atoms with Crippen molar-refractivity contribution < 1.29 is 9.53 Å². The number of carbonyl (C=O) groups is 1. The van der Waals surface area contributed by atoms with E-state index in [-0.39, 0.29) is 5.91 Å². The van der Waals surface area contributed by atoms with Crippen LogP contribution in [0.5, 0.6) is 0 Å². The highest BCUT2D eigenvalue weighted by atomic mass is 32.1. The van der Waals surface area contributed by atoms with Gasteiger partial charge in [0.2, 0.25) is 5.91 Å². The molecule has 2 heterocycles. The number of carbonyl (C=O) groups excluding carboxylic acids is 1. The molecule has 1 aliphatic heterocycles. The Morgan fingerprint density at radius 2 is 2.31 bits per heavy atom. The van der Waals surface area contributed by atoms with Crippen molar-refractivity contribution >= 4 is 23.3 Å². The first-order valence-electron chi connectivity index (χ1n) is 5.42. The van der Waals surface area contributed by atoms with Gasteiger partial charge in [-0.2, -0.15) is 0 Å². The van der Waals surface area contributed by atoms with Crippen LogP contribution in [0, 0.1) is 0 Å². The molecule has 0 aliphatic carbocycles. The zero-order chi connectivity index (χ0) is 11.2. The van der Waals surface area contributed by atoms with Crippen molar-refractivity contribution in [3.63, 3.8) is 0 Å². The number of hydrogen-bond acceptors (Lipinski definition) is 3. The maximum Gasteiger partial charge on any atom is 0.226 e. The SMILES string of the molecule is O=C(C/C=C/c1cccs1)N1CCOCC1. The van der Waals surface area contributed by atoms with E-state index in [0.717, 1.165) is 13.1 Å². The van der Waals surface area contributed by atoms with Crippen molar-refractivity contribution in [2.45, 2.75) is 6.42 Å². The molecule has 86 valence electrons. The minimum atomic E-state index is 0.191. The van der Waals surface area contributed by atoms with Gasteiger partial charge >= 0.3 is 0 Å². The lowest BCUT2D eigenvalue weighted by Crippen LogP contribution is -2.40. The summed E-state index contributed by atoms with van der Waals surface area (Å²) in [7, 11) is 0. The van der Waals surface area contributed by atoms with Crippen LogP contribution < -0.4 is 0 Å². The van der Waals surface area contributed by atoms with Crippen LogP contribution in [0.4, 0.5) is 0 Å². The van der Waals surface area contributed by atoms with Gasteiger partial charge in [-0.25, -0.2) is 0 Å². The van der Waals surface area contributed by atoms with E-state index < -0.39 is 0 Å². The molecule has 0 radical (unpaired) electrons. The van der Waals surface area contributed by atoms with Gasteiger partial charge in [0.05, 0.1) is 13.2 Å². The topological polar surface area (TPSA) is 29.5 Å². The number of thiophene rings is 1. The van der Waals surface area contributed by atoms with E-state index in [4.69, 9.17) is 4.74 Å². The van der Waals surface area contributed by atoms with Gasteiger partial charge in [0.15, 0.2) is 0 Å². The summed E-state index contributed by atoms with van der Waals surface area (Å²) in [6.07, 6.45) is 4.42. The zero-order valence-corrected chi connectivity index (χ0v) is 9.91. The molecule has 0 aromatic carbocycles. The minimum absolute atomic E-state index is 0.191. The quantitative estimate of drug-likeness (QED) is 0.805. The maximum atomic E-state index is 11.7. The third-order valence-corrected chi connectivity index (χ3v) is 3.32. The average Bonchev–Trinajstić information content (AvgIpc) is 2.83. The fourth-order valence-electron chi connectivity index (χ4n) is 1.60. The minimum Gasteiger partial charge on any atom is -0.378 e. The largest absolute Gasteiger partial charge is 0.378 e. The molecular weight excluding hydrogens is 222 g/mol. The molecule has 0 atom stereocenters. The van der Waals surface area contributed by atoms with Crippen molar-refractivity contribution in [1.82, 2.24) is 4.90 Å². The molecule has 1 fully saturated rings. The van der Waals surface area contributed by atoms with E-state index in [9.17, 15) is 4.79 Å². The van der Waals surface area contributed by atoms with Gasteiger partial charge in [-0.05, 0) is 17.5 Å². The number of hydrogen-bond donors (Lipinski definition) is 0. The van der Waals surface area contributed by atoms with Crippen LogP contribution in [0.2, 0.25) is 0 Å². The highest BCUT2D eigenvalue weighted by Gasteiger charge is 2.14. The molecule has 0 saturated carbocycles. The summed E-state index contributed by atoms with van der Waals surface area (Å²) in [6.45, 7) is 2.79. The number of morpholine rings is 1. The molecule has 2 rings (SSSR count). The van der Waals surface area contributed by atoms with Crippen molar-refractivity contribution in [2.24, 2.45) is 0 Å². The lowest BCUT2D eigenvalue weighted by molar-refractivity contribution is -0.134. The molecule has 0 bridgehead atoms. The zero-order valence-electron chi connectivity index (χ0n) is 9.09. The van der Waals surface area contributed by atoms with E-state index in [1.165, 1.54) is 4.88 Å². The second-order valence-electron chi connectivity index (χ2n) is 3.62. The molecule has 4 heteroatoms. The first kappa shape index (κ1) is 11.4. The second-order valence-corrected chi connectivity index (χ2v) is 4.59. The Hall–Kier alpha value is -1.13. The highest BCUT2D eigenvalue weighted by Crippen LogP contribution is 2.11. The Morgan fingerprint density at radius 1 is 1.50 bits per heavy atom. The molecule has 0 unspecified atom stereocenters. The maximum absolute atomic E-state index is 11.7. The van der Waals surface area contributed by atoms with Crippen molar-refractivity contribution in [3.8, 4) is 0 Å². The van der Waals surface area contributed by atoms with Gasteiger partial charge in [0.25, 0.3) is 0 Å². The Bertz CT molecular complexity index is 353. The molecule has 0 N–H and O–H groups in total. The summed E-state index contributed by atoms with van der Waals surface area (Å²) in [6, 6.07) is 4.05. The van der Waals surface area contributed by atoms with E-state index in [2.05, 4.69) is 0 Å². The molecule has 1 aromatic rings. The van der Waals surface area contributed by atoms with Crippen LogP contribution in [-0.2, 0) is 9.53 Å². The lowest BCUT2D eigenvalue weighted by Gasteiger charge is -2.26. The monoisotopic (exact) mass is 237 g/mol. The van der Waals surface area contributed by atoms with E-state index in [0.29, 0.717) is 19.6 Å². The van der Waals surface area contributed by atoms with Gasteiger partial charge in [-0.15, -0.1) is 11.3 Å². The Balaban J connectivity index is 1.78. The summed E-state index contributed by atoms with van der Waals surface area (Å²) in [5, 5.41) is 2.03. The molecule has 1 aliphatic rings. The standard InChI is InChI=1S/C12H15NO2S/c14-12(13-6-8-15-9-7-13)5-1-3-11-4-2-10-16-11/h1-4,10H,5-9H2/b3-1+. The molecule has 1 amide bonds. The smallest absolute Gasteiger partial charge is 0.226 e. The van der Waals surface area contributed by atoms with Crippen LogP contribution in [0.25, 0.3) is 6.08 Å². The van der Waals surface area contributed by atoms with E-state index >= 15 is 0 Å². The van der Waals surface area contributed by atoms with E-state index in [1.54, 1.807) is 11.3 Å². The third kappa shape index (κ3) is 3.18. The molecular formula is C12H15NO2S. The fourth-order valence-corrected chi connectivity index (χ4v) is 2.25. The van der Waals surface area contributed by atoms with Crippen LogP contribution >= 0.6 is 11.3 Å². The van der Waals surface area contributed by atoms with Gasteiger partial charge in [-0.3, -0.25) is 4.79 Å². The fraction of sp³-hybridized carbons (Fsp3) is 0.417. The van der Waals surface area contributed by atoms with Gasteiger partial charge in [-0.1, -0.05) is 12.1 Å². The van der Waals surface area contributed by atoms with E-state index in [1.807, 2.05) is 34.6 Å². The number of rotatable bonds is 3. The average molecular weight is 237 g/mol. The first-order valence-corrected chi connectivity index (χ1v) is 6.30. The van der Waals surface area contributed by atoms with Gasteiger partial charge < -0.3 is 9.64 Å². The Morgan fingerprint density at radius 3 is 3.00 bits per heavy atom. The van der Waals surface area contributed by atoms with Crippen molar-refractivity contribution in [1.29, 1.82) is 0 Å². The van der Waals surface area contributed by atoms with Crippen LogP contribution in [0.15, 0.2) is 23.6 Å². The normalized spacial score (nSPS) is 16.9. The highest BCUT2D eigenvalue weighted by molar-refractivity contribution is 7.10. The predicted octanol–water partition coefficient (Wildman–Crippen LogP) is 2.01. The van der Waals surface area contributed by atoms with Crippen LogP contribution in [0.1, 0.15) is 11.3 Å². The lowest BCUT2D eigenvalue weighted by atomic mass is 10.3. The molecule has 3 nitrogen and oxygen atoms in total. The molecule has 0 spiro atoms. The Labute approximate surface area is 99.3 Å². The molecule has 16 heavy (non-hydrogen) atoms.